The number of benzene rings is 7. The monoisotopic (exact) mass is 676 g/mol. The van der Waals surface area contributed by atoms with Crippen LogP contribution < -0.4 is 18.8 Å². The summed E-state index contributed by atoms with van der Waals surface area (Å²) in [4.78, 5) is 4.76. The molecule has 6 heteroatoms. The maximum absolute atomic E-state index is 6.64. The first-order chi connectivity index (χ1) is 25.3. The topological polar surface area (TPSA) is 32.8 Å². The lowest BCUT2D eigenvalue weighted by Gasteiger charge is -2.41. The Labute approximate surface area is 301 Å². The van der Waals surface area contributed by atoms with Crippen LogP contribution in [0.1, 0.15) is 0 Å². The quantitative estimate of drug-likeness (QED) is 0.171. The number of furan rings is 2. The van der Waals surface area contributed by atoms with Gasteiger partial charge in [0.05, 0.1) is 28.2 Å². The van der Waals surface area contributed by atoms with Gasteiger partial charge in [-0.1, -0.05) is 48.5 Å². The second kappa shape index (κ2) is 10.1. The van der Waals surface area contributed by atoms with Crippen LogP contribution >= 0.6 is 0 Å². The van der Waals surface area contributed by atoms with E-state index in [1.165, 1.54) is 45.5 Å². The fourth-order valence-corrected chi connectivity index (χ4v) is 8.90. The van der Waals surface area contributed by atoms with E-state index in [9.17, 15) is 0 Å². The Bertz CT molecular complexity index is 2650. The average Bonchev–Trinajstić information content (AvgIpc) is 3.73. The second-order valence-corrected chi connectivity index (χ2v) is 14.9. The summed E-state index contributed by atoms with van der Waals surface area (Å²) in [6.45, 7) is 0. The molecule has 2 aromatic heterocycles. The van der Waals surface area contributed by atoms with Gasteiger partial charge in [-0.15, -0.1) is 0 Å². The molecular weight excluding hydrogens is 641 g/mol. The minimum absolute atomic E-state index is 0.680. The Balaban J connectivity index is 1.07. The van der Waals surface area contributed by atoms with Crippen molar-refractivity contribution < 1.29 is 8.83 Å². The van der Waals surface area contributed by atoms with Gasteiger partial charge in [-0.25, -0.2) is 0 Å². The average molecular weight is 677 g/mol. The summed E-state index contributed by atoms with van der Waals surface area (Å²) in [5.74, 6) is 0. The van der Waals surface area contributed by atoms with Gasteiger partial charge < -0.3 is 8.83 Å². The van der Waals surface area contributed by atoms with E-state index in [2.05, 4.69) is 184 Å². The van der Waals surface area contributed by atoms with Crippen LogP contribution in [-0.2, 0) is 0 Å². The van der Waals surface area contributed by atoms with E-state index < -0.39 is 0 Å². The number of rotatable bonds is 2. The highest BCUT2D eigenvalue weighted by atomic mass is 16.4. The van der Waals surface area contributed by atoms with Crippen LogP contribution in [0.4, 0.5) is 56.9 Å². The molecule has 0 unspecified atom stereocenters. The normalized spacial score (nSPS) is 15.5. The molecule has 4 heterocycles. The third kappa shape index (κ3) is 3.80. The molecule has 9 aromatic rings. The molecule has 0 atom stereocenters. The molecule has 0 bridgehead atoms. The van der Waals surface area contributed by atoms with Gasteiger partial charge in [0, 0.05) is 57.2 Å². The van der Waals surface area contributed by atoms with E-state index >= 15 is 0 Å². The maximum atomic E-state index is 6.64. The molecule has 52 heavy (non-hydrogen) atoms. The van der Waals surface area contributed by atoms with E-state index in [-0.39, 0.29) is 0 Å². The Hall–Kier alpha value is -6.34. The summed E-state index contributed by atoms with van der Waals surface area (Å²) in [6, 6.07) is 52.3. The summed E-state index contributed by atoms with van der Waals surface area (Å²) in [5, 5.41) is 4.20. The third-order valence-corrected chi connectivity index (χ3v) is 11.5. The number of para-hydroxylation sites is 8. The van der Waals surface area contributed by atoms with Crippen molar-refractivity contribution in [1.29, 1.82) is 0 Å². The molecule has 6 nitrogen and oxygen atoms in total. The van der Waals surface area contributed by atoms with Crippen molar-refractivity contribution in [2.45, 2.75) is 0 Å². The number of quaternary nitrogens is 2. The Morgan fingerprint density at radius 1 is 0.365 bits per heavy atom. The fourth-order valence-electron chi connectivity index (χ4n) is 8.90. The smallest absolute Gasteiger partial charge is 0.178 e. The van der Waals surface area contributed by atoms with Crippen LogP contribution in [0, 0.1) is 0 Å². The van der Waals surface area contributed by atoms with Crippen LogP contribution in [0.15, 0.2) is 154 Å². The zero-order valence-corrected chi connectivity index (χ0v) is 29.5. The van der Waals surface area contributed by atoms with Crippen molar-refractivity contribution in [1.82, 2.24) is 8.97 Å². The third-order valence-electron chi connectivity index (χ3n) is 11.5. The number of nitrogens with zero attached hydrogens (tertiary/aromatic N) is 4. The van der Waals surface area contributed by atoms with Gasteiger partial charge in [0.1, 0.15) is 33.9 Å². The first kappa shape index (κ1) is 29.4. The lowest BCUT2D eigenvalue weighted by atomic mass is 10.0. The largest absolute Gasteiger partial charge is 0.452 e. The molecule has 2 aliphatic heterocycles. The highest BCUT2D eigenvalue weighted by molar-refractivity contribution is 6.20. The van der Waals surface area contributed by atoms with Crippen LogP contribution in [-0.4, -0.2) is 28.2 Å². The van der Waals surface area contributed by atoms with Crippen molar-refractivity contribution in [3.8, 4) is 0 Å². The maximum Gasteiger partial charge on any atom is 0.178 e. The highest BCUT2D eigenvalue weighted by Crippen LogP contribution is 2.56. The lowest BCUT2D eigenvalue weighted by molar-refractivity contribution is 0.550. The molecule has 0 fully saturated rings. The molecule has 250 valence electrons. The predicted octanol–water partition coefficient (Wildman–Crippen LogP) is 12.8. The number of hydrogen-bond acceptors (Lipinski definition) is 4. The SMILES string of the molecule is C[N+]1(C)c2ccccc2N(c2ccc3oc4c(ccc5c6cc(N7c8ccccc8[N+](C)(C)c8ccccc87)ccc6oc54)c3c2)c2ccccc21. The van der Waals surface area contributed by atoms with E-state index in [0.717, 1.165) is 55.3 Å². The summed E-state index contributed by atoms with van der Waals surface area (Å²) >= 11 is 0. The minimum atomic E-state index is 0.680. The van der Waals surface area contributed by atoms with Gasteiger partial charge in [-0.05, 0) is 72.8 Å². The van der Waals surface area contributed by atoms with E-state index in [1.807, 2.05) is 0 Å². The van der Waals surface area contributed by atoms with E-state index in [0.29, 0.717) is 8.97 Å². The number of anilines is 6. The van der Waals surface area contributed by atoms with Crippen LogP contribution in [0.3, 0.4) is 0 Å². The number of fused-ring (bicyclic) bond motifs is 11. The summed E-state index contributed by atoms with van der Waals surface area (Å²) < 4.78 is 14.6. The van der Waals surface area contributed by atoms with E-state index in [4.69, 9.17) is 8.83 Å². The highest BCUT2D eigenvalue weighted by Gasteiger charge is 2.39. The first-order valence-electron chi connectivity index (χ1n) is 17.8. The second-order valence-electron chi connectivity index (χ2n) is 14.9. The lowest BCUT2D eigenvalue weighted by Crippen LogP contribution is -2.39. The van der Waals surface area contributed by atoms with Gasteiger partial charge in [0.25, 0.3) is 0 Å². The summed E-state index contributed by atoms with van der Waals surface area (Å²) in [7, 11) is 9.03. The van der Waals surface area contributed by atoms with Gasteiger partial charge in [-0.2, -0.15) is 0 Å². The Morgan fingerprint density at radius 3 is 1.04 bits per heavy atom. The zero-order valence-electron chi connectivity index (χ0n) is 29.5. The van der Waals surface area contributed by atoms with Crippen LogP contribution in [0.2, 0.25) is 0 Å². The van der Waals surface area contributed by atoms with Crippen molar-refractivity contribution in [3.63, 3.8) is 0 Å². The van der Waals surface area contributed by atoms with Gasteiger partial charge in [0.15, 0.2) is 33.9 Å². The molecule has 0 amide bonds. The van der Waals surface area contributed by atoms with Crippen molar-refractivity contribution in [3.05, 3.63) is 146 Å². The van der Waals surface area contributed by atoms with Crippen molar-refractivity contribution >= 4 is 101 Å². The van der Waals surface area contributed by atoms with E-state index in [1.54, 1.807) is 0 Å². The molecular formula is C46H36N4O2+2. The summed E-state index contributed by atoms with van der Waals surface area (Å²) in [6.07, 6.45) is 0. The molecule has 0 radical (unpaired) electrons. The van der Waals surface area contributed by atoms with Gasteiger partial charge in [0.2, 0.25) is 0 Å². The first-order valence-corrected chi connectivity index (χ1v) is 17.8. The zero-order chi connectivity index (χ0) is 34.9. The van der Waals surface area contributed by atoms with Gasteiger partial charge >= 0.3 is 0 Å². The molecule has 0 spiro atoms. The molecule has 2 aliphatic rings. The molecule has 0 saturated carbocycles. The fraction of sp³-hybridized carbons (Fsp3) is 0.0870. The molecule has 11 rings (SSSR count). The predicted molar refractivity (Wildman–Crippen MR) is 217 cm³/mol. The standard InChI is InChI=1S/C46H36N4O2/c1-49(2)39-17-9-5-13-35(39)47(36-14-6-10-18-40(36)49)29-21-25-43-33(27-29)31-23-24-32-34-28-30(22-26-44(34)52-46(32)45(31)51-43)48-37-15-7-11-19-41(37)50(3,4)42-20-12-8-16-38(42)48/h5-28H,1-4H3/q+2. The molecule has 0 saturated heterocycles. The molecule has 0 N–H and O–H groups in total. The minimum Gasteiger partial charge on any atom is -0.452 e. The molecule has 0 aliphatic carbocycles. The Kier molecular flexibility index (Phi) is 5.73. The van der Waals surface area contributed by atoms with Crippen molar-refractivity contribution in [2.75, 3.05) is 38.0 Å². The summed E-state index contributed by atoms with van der Waals surface area (Å²) in [5.41, 5.74) is 15.1. The number of hydrogen-bond donors (Lipinski definition) is 0. The van der Waals surface area contributed by atoms with Crippen LogP contribution in [0.25, 0.3) is 43.9 Å². The van der Waals surface area contributed by atoms with Gasteiger partial charge in [-0.3, -0.25) is 18.8 Å². The van der Waals surface area contributed by atoms with Crippen LogP contribution in [0.5, 0.6) is 0 Å². The Morgan fingerprint density at radius 2 is 0.692 bits per heavy atom. The molecule has 7 aromatic carbocycles. The van der Waals surface area contributed by atoms with Crippen molar-refractivity contribution in [2.24, 2.45) is 0 Å².